The Labute approximate surface area is 250 Å². The van der Waals surface area contributed by atoms with Crippen LogP contribution in [0.2, 0.25) is 0 Å². The Morgan fingerprint density at radius 3 is 2.21 bits per heavy atom. The van der Waals surface area contributed by atoms with Gasteiger partial charge in [-0.3, -0.25) is 9.59 Å². The van der Waals surface area contributed by atoms with E-state index in [0.717, 1.165) is 16.8 Å². The van der Waals surface area contributed by atoms with Crippen LogP contribution in [0.1, 0.15) is 49.1 Å². The quantitative estimate of drug-likeness (QED) is 0.291. The number of esters is 1. The number of hydrogen-bond donors (Lipinski definition) is 0. The van der Waals surface area contributed by atoms with Crippen molar-refractivity contribution >= 4 is 17.8 Å². The van der Waals surface area contributed by atoms with Crippen molar-refractivity contribution in [3.8, 4) is 0 Å². The van der Waals surface area contributed by atoms with Crippen molar-refractivity contribution < 1.29 is 23.5 Å². The predicted octanol–water partition coefficient (Wildman–Crippen LogP) is 4.94. The predicted molar refractivity (Wildman–Crippen MR) is 160 cm³/mol. The van der Waals surface area contributed by atoms with E-state index in [0.29, 0.717) is 36.3 Å². The third-order valence-electron chi connectivity index (χ3n) is 8.92. The second-order valence-electron chi connectivity index (χ2n) is 11.6. The number of rotatable bonds is 7. The van der Waals surface area contributed by atoms with Crippen LogP contribution in [0.3, 0.4) is 0 Å². The average Bonchev–Trinajstić information content (AvgIpc) is 3.66. The van der Waals surface area contributed by atoms with E-state index >= 15 is 0 Å². The summed E-state index contributed by atoms with van der Waals surface area (Å²) in [6, 6.07) is 26.8. The first-order valence-electron chi connectivity index (χ1n) is 14.4. The minimum absolute atomic E-state index is 0.0808. The van der Waals surface area contributed by atoms with Gasteiger partial charge in [0.1, 0.15) is 11.5 Å². The number of aromatic nitrogens is 1. The molecule has 7 nitrogen and oxygen atoms in total. The minimum Gasteiger partial charge on any atom is -0.467 e. The Morgan fingerprint density at radius 2 is 1.58 bits per heavy atom. The Hall–Kier alpha value is -4.72. The lowest BCUT2D eigenvalue weighted by atomic mass is 9.75. The summed E-state index contributed by atoms with van der Waals surface area (Å²) >= 11 is 0. The zero-order chi connectivity index (χ0) is 30.3. The summed E-state index contributed by atoms with van der Waals surface area (Å²) in [6.45, 7) is 0.839. The lowest BCUT2D eigenvalue weighted by Crippen LogP contribution is -2.58. The van der Waals surface area contributed by atoms with E-state index in [-0.39, 0.29) is 30.0 Å². The molecular weight excluding hydrogens is 545 g/mol. The van der Waals surface area contributed by atoms with E-state index in [9.17, 15) is 18.8 Å². The average molecular weight is 580 g/mol. The normalized spacial score (nSPS) is 20.4. The molecule has 2 heterocycles. The number of carbonyl (C=O) groups is 3. The first-order chi connectivity index (χ1) is 20.7. The van der Waals surface area contributed by atoms with Gasteiger partial charge in [0.15, 0.2) is 5.54 Å². The van der Waals surface area contributed by atoms with Crippen LogP contribution in [0.4, 0.5) is 4.39 Å². The van der Waals surface area contributed by atoms with Crippen LogP contribution < -0.4 is 0 Å². The van der Waals surface area contributed by atoms with E-state index in [1.807, 2.05) is 42.5 Å². The molecule has 3 aromatic carbocycles. The summed E-state index contributed by atoms with van der Waals surface area (Å²) in [5.41, 5.74) is 3.22. The van der Waals surface area contributed by atoms with E-state index in [1.165, 1.54) is 19.2 Å². The zero-order valence-electron chi connectivity index (χ0n) is 24.5. The molecule has 220 valence electrons. The molecule has 4 aromatic rings. The molecule has 2 unspecified atom stereocenters. The fourth-order valence-corrected chi connectivity index (χ4v) is 7.07. The molecule has 0 saturated carbocycles. The minimum atomic E-state index is -1.41. The second kappa shape index (κ2) is 11.2. The molecule has 0 spiro atoms. The molecule has 3 atom stereocenters. The molecule has 43 heavy (non-hydrogen) atoms. The number of ether oxygens (including phenoxy) is 1. The fourth-order valence-electron chi connectivity index (χ4n) is 7.07. The van der Waals surface area contributed by atoms with Gasteiger partial charge in [0.05, 0.1) is 7.11 Å². The molecule has 1 aliphatic carbocycles. The van der Waals surface area contributed by atoms with Crippen LogP contribution in [0.5, 0.6) is 0 Å². The molecule has 0 N–H and O–H groups in total. The first-order valence-corrected chi connectivity index (χ1v) is 14.4. The summed E-state index contributed by atoms with van der Waals surface area (Å²) in [7, 11) is 4.78. The number of nitrogens with zero attached hydrogens (tertiary/aromatic N) is 3. The van der Waals surface area contributed by atoms with E-state index in [4.69, 9.17) is 4.74 Å². The van der Waals surface area contributed by atoms with E-state index in [2.05, 4.69) is 4.57 Å². The maximum atomic E-state index is 14.2. The molecule has 1 fully saturated rings. The van der Waals surface area contributed by atoms with Crippen molar-refractivity contribution in [1.82, 2.24) is 14.4 Å². The number of fused-ring (bicyclic) bond motifs is 3. The molecule has 2 aliphatic rings. The molecule has 2 amide bonds. The third kappa shape index (κ3) is 4.80. The summed E-state index contributed by atoms with van der Waals surface area (Å²) in [6.07, 6.45) is 0.730. The highest BCUT2D eigenvalue weighted by Crippen LogP contribution is 2.55. The van der Waals surface area contributed by atoms with Crippen molar-refractivity contribution in [1.29, 1.82) is 0 Å². The fraction of sp³-hybridized carbons (Fsp3) is 0.286. The molecule has 1 saturated heterocycles. The lowest BCUT2D eigenvalue weighted by Gasteiger charge is -2.40. The Kier molecular flexibility index (Phi) is 7.38. The maximum absolute atomic E-state index is 14.2. The second-order valence-corrected chi connectivity index (χ2v) is 11.6. The highest BCUT2D eigenvalue weighted by Gasteiger charge is 2.64. The van der Waals surface area contributed by atoms with Crippen LogP contribution in [-0.2, 0) is 28.9 Å². The number of amides is 2. The molecule has 6 rings (SSSR count). The molecule has 0 bridgehead atoms. The summed E-state index contributed by atoms with van der Waals surface area (Å²) in [5, 5.41) is 0. The topological polar surface area (TPSA) is 71.9 Å². The van der Waals surface area contributed by atoms with Gasteiger partial charge in [-0.05, 0) is 59.4 Å². The SMILES string of the molecule is COC(=O)[C@@]1(Cc2ccc(F)cc2)C2c3cc(C(=O)N(C)C)n(Cc4ccccc4)c3CC2CN1C(=O)c1ccccc1. The summed E-state index contributed by atoms with van der Waals surface area (Å²) < 4.78 is 21.5. The zero-order valence-corrected chi connectivity index (χ0v) is 24.5. The molecular formula is C35H34FN3O4. The largest absolute Gasteiger partial charge is 0.467 e. The number of halogens is 1. The Balaban J connectivity index is 1.54. The van der Waals surface area contributed by atoms with Gasteiger partial charge in [-0.2, -0.15) is 0 Å². The first kappa shape index (κ1) is 28.4. The standard InChI is InChI=1S/C35H34FN3O4/c1-37(2)33(41)30-19-28-29(38(30)21-24-10-6-4-7-11-24)18-26-22-39(32(40)25-12-8-5-9-13-25)35(31(26)28,34(42)43-3)20-23-14-16-27(36)17-15-23/h4-17,19,26,31H,18,20-22H2,1-3H3/t26?,31?,35-/m1/s1. The van der Waals surface area contributed by atoms with Crippen molar-refractivity contribution in [3.05, 3.63) is 130 Å². The van der Waals surface area contributed by atoms with Crippen molar-refractivity contribution in [2.45, 2.75) is 30.8 Å². The van der Waals surface area contributed by atoms with Gasteiger partial charge in [-0.1, -0.05) is 60.7 Å². The van der Waals surface area contributed by atoms with E-state index in [1.54, 1.807) is 60.3 Å². The van der Waals surface area contributed by atoms with E-state index < -0.39 is 17.4 Å². The lowest BCUT2D eigenvalue weighted by molar-refractivity contribution is -0.153. The third-order valence-corrected chi connectivity index (χ3v) is 8.92. The summed E-state index contributed by atoms with van der Waals surface area (Å²) in [4.78, 5) is 45.0. The van der Waals surface area contributed by atoms with Crippen LogP contribution >= 0.6 is 0 Å². The van der Waals surface area contributed by atoms with Gasteiger partial charge < -0.3 is 19.1 Å². The van der Waals surface area contributed by atoms with Gasteiger partial charge in [0, 0.05) is 50.8 Å². The number of hydrogen-bond acceptors (Lipinski definition) is 4. The Morgan fingerprint density at radius 1 is 0.930 bits per heavy atom. The molecule has 8 heteroatoms. The maximum Gasteiger partial charge on any atom is 0.332 e. The van der Waals surface area contributed by atoms with Crippen LogP contribution in [0.25, 0.3) is 0 Å². The van der Waals surface area contributed by atoms with Gasteiger partial charge in [-0.15, -0.1) is 0 Å². The number of carbonyl (C=O) groups excluding carboxylic acids is 3. The highest BCUT2D eigenvalue weighted by atomic mass is 19.1. The number of likely N-dealkylation sites (tertiary alicyclic amines) is 1. The van der Waals surface area contributed by atoms with Gasteiger partial charge in [-0.25, -0.2) is 9.18 Å². The van der Waals surface area contributed by atoms with Crippen molar-refractivity contribution in [2.75, 3.05) is 27.7 Å². The molecule has 0 radical (unpaired) electrons. The van der Waals surface area contributed by atoms with Crippen molar-refractivity contribution in [3.63, 3.8) is 0 Å². The molecule has 1 aliphatic heterocycles. The van der Waals surface area contributed by atoms with Crippen LogP contribution in [0.15, 0.2) is 91.0 Å². The monoisotopic (exact) mass is 579 g/mol. The number of benzene rings is 3. The van der Waals surface area contributed by atoms with Gasteiger partial charge in [0.2, 0.25) is 0 Å². The van der Waals surface area contributed by atoms with Crippen molar-refractivity contribution in [2.24, 2.45) is 5.92 Å². The highest BCUT2D eigenvalue weighted by molar-refractivity contribution is 6.00. The van der Waals surface area contributed by atoms with Crippen LogP contribution in [0, 0.1) is 11.7 Å². The Bertz CT molecular complexity index is 1670. The number of methoxy groups -OCH3 is 1. The smallest absolute Gasteiger partial charge is 0.332 e. The van der Waals surface area contributed by atoms with Gasteiger partial charge >= 0.3 is 5.97 Å². The van der Waals surface area contributed by atoms with Gasteiger partial charge in [0.25, 0.3) is 11.8 Å². The van der Waals surface area contributed by atoms with Crippen LogP contribution in [-0.4, -0.2) is 65.4 Å². The molecule has 1 aromatic heterocycles. The summed E-state index contributed by atoms with van der Waals surface area (Å²) in [5.74, 6) is -1.83.